The Kier molecular flexibility index (Phi) is 5.76. The molecular weight excluding hydrogens is 264 g/mol. The number of rotatable bonds is 6. The molecule has 1 aromatic carbocycles. The molecular formula is C17H26N2O2. The van der Waals surface area contributed by atoms with Crippen LogP contribution in [0, 0.1) is 0 Å². The number of carbonyl (C=O) groups excluding carboxylic acids is 1. The molecule has 0 aliphatic heterocycles. The van der Waals surface area contributed by atoms with E-state index in [-0.39, 0.29) is 18.1 Å². The van der Waals surface area contributed by atoms with E-state index in [1.165, 1.54) is 6.42 Å². The van der Waals surface area contributed by atoms with Gasteiger partial charge in [-0.3, -0.25) is 4.79 Å². The van der Waals surface area contributed by atoms with Crippen LogP contribution in [0.2, 0.25) is 0 Å². The third-order valence-corrected chi connectivity index (χ3v) is 4.29. The summed E-state index contributed by atoms with van der Waals surface area (Å²) in [5, 5.41) is 9.21. The molecule has 4 nitrogen and oxygen atoms in total. The maximum Gasteiger partial charge on any atom is 0.224 e. The summed E-state index contributed by atoms with van der Waals surface area (Å²) in [6.07, 6.45) is 5.69. The van der Waals surface area contributed by atoms with Crippen LogP contribution in [0.1, 0.15) is 44.1 Å². The summed E-state index contributed by atoms with van der Waals surface area (Å²) in [6.45, 7) is 0.885. The Morgan fingerprint density at radius 1 is 1.19 bits per heavy atom. The fraction of sp³-hybridized carbons (Fsp3) is 0.588. The molecule has 0 heterocycles. The summed E-state index contributed by atoms with van der Waals surface area (Å²) in [5.41, 5.74) is 7.11. The number of hydrogen-bond donors (Lipinski definition) is 2. The van der Waals surface area contributed by atoms with Crippen LogP contribution in [0.15, 0.2) is 30.3 Å². The average Bonchev–Trinajstić information content (AvgIpc) is 2.48. The lowest BCUT2D eigenvalue weighted by Gasteiger charge is -2.35. The third-order valence-electron chi connectivity index (χ3n) is 4.29. The number of benzene rings is 1. The molecule has 0 atom stereocenters. The fourth-order valence-corrected chi connectivity index (χ4v) is 3.06. The van der Waals surface area contributed by atoms with Crippen LogP contribution in [0.25, 0.3) is 0 Å². The molecule has 4 heteroatoms. The molecule has 21 heavy (non-hydrogen) atoms. The van der Waals surface area contributed by atoms with Gasteiger partial charge in [-0.05, 0) is 18.4 Å². The molecule has 2 rings (SSSR count). The lowest BCUT2D eigenvalue weighted by atomic mass is 9.80. The second kappa shape index (κ2) is 7.57. The maximum absolute atomic E-state index is 12.5. The van der Waals surface area contributed by atoms with E-state index in [2.05, 4.69) is 0 Å². The maximum atomic E-state index is 12.5. The Labute approximate surface area is 126 Å². The van der Waals surface area contributed by atoms with Crippen LogP contribution in [-0.4, -0.2) is 34.6 Å². The Morgan fingerprint density at radius 2 is 1.86 bits per heavy atom. The predicted octanol–water partition coefficient (Wildman–Crippen LogP) is 2.06. The number of aliphatic hydroxyl groups is 1. The molecule has 1 fully saturated rings. The van der Waals surface area contributed by atoms with E-state index in [1.807, 2.05) is 30.3 Å². The van der Waals surface area contributed by atoms with Crippen molar-refractivity contribution >= 4 is 5.91 Å². The highest BCUT2D eigenvalue weighted by Crippen LogP contribution is 2.29. The second-order valence-corrected chi connectivity index (χ2v) is 6.12. The van der Waals surface area contributed by atoms with Crippen LogP contribution in [-0.2, 0) is 11.3 Å². The Balaban J connectivity index is 1.98. The Hall–Kier alpha value is -1.39. The van der Waals surface area contributed by atoms with Gasteiger partial charge in [-0.25, -0.2) is 0 Å². The van der Waals surface area contributed by atoms with Gasteiger partial charge in [0.25, 0.3) is 0 Å². The third kappa shape index (κ3) is 4.83. The first-order valence-electron chi connectivity index (χ1n) is 7.84. The zero-order valence-electron chi connectivity index (χ0n) is 12.6. The van der Waals surface area contributed by atoms with Crippen LogP contribution >= 0.6 is 0 Å². The first kappa shape index (κ1) is 16.0. The van der Waals surface area contributed by atoms with E-state index in [4.69, 9.17) is 5.73 Å². The number of aliphatic hydroxyl groups excluding tert-OH is 1. The molecule has 0 spiro atoms. The molecule has 1 aliphatic carbocycles. The number of amides is 1. The number of nitrogens with two attached hydrogens (primary N) is 1. The monoisotopic (exact) mass is 290 g/mol. The molecule has 3 N–H and O–H groups in total. The van der Waals surface area contributed by atoms with E-state index < -0.39 is 0 Å². The van der Waals surface area contributed by atoms with Crippen molar-refractivity contribution in [1.29, 1.82) is 0 Å². The first-order chi connectivity index (χ1) is 10.1. The largest absolute Gasteiger partial charge is 0.395 e. The predicted molar refractivity (Wildman–Crippen MR) is 83.6 cm³/mol. The smallest absolute Gasteiger partial charge is 0.224 e. The van der Waals surface area contributed by atoms with E-state index >= 15 is 0 Å². The van der Waals surface area contributed by atoms with Gasteiger partial charge in [0.05, 0.1) is 6.61 Å². The van der Waals surface area contributed by atoms with Gasteiger partial charge in [0, 0.05) is 25.0 Å². The Bertz CT molecular complexity index is 441. The molecule has 1 amide bonds. The zero-order chi connectivity index (χ0) is 15.1. The van der Waals surface area contributed by atoms with Crippen molar-refractivity contribution in [3.63, 3.8) is 0 Å². The SMILES string of the molecule is NC1(CC(=O)N(CCO)Cc2ccccc2)CCCCC1. The van der Waals surface area contributed by atoms with Crippen molar-refractivity contribution in [2.75, 3.05) is 13.2 Å². The Morgan fingerprint density at radius 3 is 2.48 bits per heavy atom. The highest BCUT2D eigenvalue weighted by Gasteiger charge is 2.31. The lowest BCUT2D eigenvalue weighted by Crippen LogP contribution is -2.47. The minimum atomic E-state index is -0.347. The minimum Gasteiger partial charge on any atom is -0.395 e. The van der Waals surface area contributed by atoms with Gasteiger partial charge in [-0.15, -0.1) is 0 Å². The molecule has 1 saturated carbocycles. The van der Waals surface area contributed by atoms with Crippen LogP contribution in [0.3, 0.4) is 0 Å². The quantitative estimate of drug-likeness (QED) is 0.842. The summed E-state index contributed by atoms with van der Waals surface area (Å²) in [7, 11) is 0. The number of carbonyl (C=O) groups is 1. The van der Waals surface area contributed by atoms with Crippen molar-refractivity contribution in [1.82, 2.24) is 4.90 Å². The van der Waals surface area contributed by atoms with Crippen LogP contribution < -0.4 is 5.73 Å². The summed E-state index contributed by atoms with van der Waals surface area (Å²) < 4.78 is 0. The highest BCUT2D eigenvalue weighted by molar-refractivity contribution is 5.77. The molecule has 0 bridgehead atoms. The molecule has 116 valence electrons. The lowest BCUT2D eigenvalue weighted by molar-refractivity contribution is -0.134. The summed E-state index contributed by atoms with van der Waals surface area (Å²) >= 11 is 0. The van der Waals surface area contributed by atoms with E-state index in [1.54, 1.807) is 4.90 Å². The standard InChI is InChI=1S/C17H26N2O2/c18-17(9-5-2-6-10-17)13-16(21)19(11-12-20)14-15-7-3-1-4-8-15/h1,3-4,7-8,20H,2,5-6,9-14,18H2. The minimum absolute atomic E-state index is 0.0177. The van der Waals surface area contributed by atoms with E-state index in [0.717, 1.165) is 31.2 Å². The van der Waals surface area contributed by atoms with E-state index in [0.29, 0.717) is 19.5 Å². The molecule has 1 aromatic rings. The van der Waals surface area contributed by atoms with Crippen molar-refractivity contribution in [2.24, 2.45) is 5.73 Å². The van der Waals surface area contributed by atoms with Gasteiger partial charge in [0.15, 0.2) is 0 Å². The van der Waals surface area contributed by atoms with Gasteiger partial charge in [0.1, 0.15) is 0 Å². The van der Waals surface area contributed by atoms with Crippen LogP contribution in [0.4, 0.5) is 0 Å². The van der Waals surface area contributed by atoms with Crippen molar-refractivity contribution in [3.05, 3.63) is 35.9 Å². The van der Waals surface area contributed by atoms with Gasteiger partial charge in [-0.1, -0.05) is 49.6 Å². The molecule has 0 unspecified atom stereocenters. The second-order valence-electron chi connectivity index (χ2n) is 6.12. The van der Waals surface area contributed by atoms with Gasteiger partial charge in [0.2, 0.25) is 5.91 Å². The first-order valence-corrected chi connectivity index (χ1v) is 7.84. The van der Waals surface area contributed by atoms with E-state index in [9.17, 15) is 9.90 Å². The topological polar surface area (TPSA) is 66.6 Å². The van der Waals surface area contributed by atoms with Crippen molar-refractivity contribution in [3.8, 4) is 0 Å². The molecule has 0 saturated heterocycles. The zero-order valence-corrected chi connectivity index (χ0v) is 12.6. The van der Waals surface area contributed by atoms with Gasteiger partial charge < -0.3 is 15.7 Å². The van der Waals surface area contributed by atoms with Crippen molar-refractivity contribution in [2.45, 2.75) is 50.6 Å². The molecule has 0 aromatic heterocycles. The van der Waals surface area contributed by atoms with Crippen molar-refractivity contribution < 1.29 is 9.90 Å². The highest BCUT2D eigenvalue weighted by atomic mass is 16.3. The number of nitrogens with zero attached hydrogens (tertiary/aromatic N) is 1. The normalized spacial score (nSPS) is 17.4. The van der Waals surface area contributed by atoms with Gasteiger partial charge >= 0.3 is 0 Å². The summed E-state index contributed by atoms with van der Waals surface area (Å²) in [6, 6.07) is 9.87. The molecule has 1 aliphatic rings. The van der Waals surface area contributed by atoms with Gasteiger partial charge in [-0.2, -0.15) is 0 Å². The average molecular weight is 290 g/mol. The molecule has 0 radical (unpaired) electrons. The number of hydrogen-bond acceptors (Lipinski definition) is 3. The fourth-order valence-electron chi connectivity index (χ4n) is 3.06. The van der Waals surface area contributed by atoms with Crippen LogP contribution in [0.5, 0.6) is 0 Å². The summed E-state index contributed by atoms with van der Waals surface area (Å²) in [5.74, 6) is 0.0531. The summed E-state index contributed by atoms with van der Waals surface area (Å²) in [4.78, 5) is 14.3.